The summed E-state index contributed by atoms with van der Waals surface area (Å²) in [6.07, 6.45) is 6.05. The van der Waals surface area contributed by atoms with Gasteiger partial charge in [-0.3, -0.25) is 0 Å². The number of thiophene rings is 1. The van der Waals surface area contributed by atoms with E-state index in [0.717, 1.165) is 18.7 Å². The first-order valence-electron chi connectivity index (χ1n) is 7.74. The van der Waals surface area contributed by atoms with Gasteiger partial charge in [-0.15, -0.1) is 11.3 Å². The number of hydrogen-bond acceptors (Lipinski definition) is 2. The van der Waals surface area contributed by atoms with E-state index in [1.807, 2.05) is 11.3 Å². The Kier molecular flexibility index (Phi) is 5.09. The molecule has 1 aliphatic rings. The molecule has 0 spiro atoms. The molecular weight excluding hydrogens is 262 g/mol. The van der Waals surface area contributed by atoms with Crippen molar-refractivity contribution in [2.24, 2.45) is 5.92 Å². The highest BCUT2D eigenvalue weighted by atomic mass is 32.1. The minimum Gasteiger partial charge on any atom is -0.385 e. The molecule has 0 bridgehead atoms. The van der Waals surface area contributed by atoms with Crippen molar-refractivity contribution in [3.8, 4) is 0 Å². The molecule has 0 fully saturated rings. The molecule has 0 aromatic carbocycles. The van der Waals surface area contributed by atoms with Gasteiger partial charge in [0, 0.05) is 27.6 Å². The van der Waals surface area contributed by atoms with E-state index in [-0.39, 0.29) is 0 Å². The first-order chi connectivity index (χ1) is 9.54. The van der Waals surface area contributed by atoms with Crippen molar-refractivity contribution in [2.45, 2.75) is 52.9 Å². The first kappa shape index (κ1) is 15.4. The fourth-order valence-corrected chi connectivity index (χ4v) is 4.29. The molecule has 0 aliphatic heterocycles. The highest BCUT2D eigenvalue weighted by Gasteiger charge is 2.25. The van der Waals surface area contributed by atoms with Crippen LogP contribution in [0.15, 0.2) is 18.7 Å². The lowest BCUT2D eigenvalue weighted by molar-refractivity contribution is 0.532. The van der Waals surface area contributed by atoms with Gasteiger partial charge >= 0.3 is 0 Å². The van der Waals surface area contributed by atoms with Crippen molar-refractivity contribution in [2.75, 3.05) is 6.54 Å². The van der Waals surface area contributed by atoms with Crippen molar-refractivity contribution in [1.82, 2.24) is 5.32 Å². The van der Waals surface area contributed by atoms with Crippen LogP contribution >= 0.6 is 11.3 Å². The van der Waals surface area contributed by atoms with Gasteiger partial charge in [0.2, 0.25) is 0 Å². The second kappa shape index (κ2) is 6.62. The van der Waals surface area contributed by atoms with Crippen molar-refractivity contribution in [3.63, 3.8) is 0 Å². The zero-order valence-corrected chi connectivity index (χ0v) is 14.0. The van der Waals surface area contributed by atoms with Crippen molar-refractivity contribution in [1.29, 1.82) is 0 Å². The molecule has 1 aromatic rings. The van der Waals surface area contributed by atoms with Gasteiger partial charge in [0.25, 0.3) is 0 Å². The van der Waals surface area contributed by atoms with E-state index in [2.05, 4.69) is 39.2 Å². The van der Waals surface area contributed by atoms with E-state index in [4.69, 9.17) is 0 Å². The van der Waals surface area contributed by atoms with Gasteiger partial charge in [-0.05, 0) is 51.0 Å². The summed E-state index contributed by atoms with van der Waals surface area (Å²) in [4.78, 5) is 3.00. The molecule has 1 nitrogen and oxygen atoms in total. The third kappa shape index (κ3) is 3.17. The monoisotopic (exact) mass is 289 g/mol. The Bertz CT molecular complexity index is 510. The fourth-order valence-electron chi connectivity index (χ4n) is 3.04. The molecule has 0 saturated carbocycles. The SMILES string of the molecule is C=C(NCCCC)c1c(C)sc2c1CC(C(=C)C)CC2. The highest BCUT2D eigenvalue weighted by molar-refractivity contribution is 7.12. The molecule has 2 heteroatoms. The molecule has 20 heavy (non-hydrogen) atoms. The number of aryl methyl sites for hydroxylation is 2. The van der Waals surface area contributed by atoms with Crippen LogP contribution in [-0.2, 0) is 12.8 Å². The fraction of sp³-hybridized carbons (Fsp3) is 0.556. The van der Waals surface area contributed by atoms with Crippen LogP contribution in [0, 0.1) is 12.8 Å². The maximum atomic E-state index is 4.28. The third-order valence-corrected chi connectivity index (χ3v) is 5.51. The number of rotatable bonds is 6. The molecule has 1 unspecified atom stereocenters. The van der Waals surface area contributed by atoms with E-state index in [1.54, 1.807) is 10.4 Å². The lowest BCUT2D eigenvalue weighted by Crippen LogP contribution is -2.17. The lowest BCUT2D eigenvalue weighted by Gasteiger charge is -2.24. The van der Waals surface area contributed by atoms with Crippen LogP contribution in [0.25, 0.3) is 5.70 Å². The number of fused-ring (bicyclic) bond motifs is 1. The Balaban J connectivity index is 2.20. The minimum absolute atomic E-state index is 0.652. The van der Waals surface area contributed by atoms with Crippen LogP contribution in [0.3, 0.4) is 0 Å². The standard InChI is InChI=1S/C18H27NS/c1-6-7-10-19-13(4)18-14(5)20-17-9-8-15(12(2)3)11-16(17)18/h15,19H,2,4,6-11H2,1,3,5H3. The summed E-state index contributed by atoms with van der Waals surface area (Å²) in [5, 5.41) is 3.51. The molecule has 0 amide bonds. The summed E-state index contributed by atoms with van der Waals surface area (Å²) in [5.74, 6) is 0.652. The second-order valence-corrected chi connectivity index (χ2v) is 7.29. The zero-order chi connectivity index (χ0) is 14.7. The third-order valence-electron chi connectivity index (χ3n) is 4.30. The van der Waals surface area contributed by atoms with Gasteiger partial charge in [-0.2, -0.15) is 0 Å². The average Bonchev–Trinajstić information content (AvgIpc) is 2.73. The molecule has 1 heterocycles. The minimum atomic E-state index is 0.652. The maximum absolute atomic E-state index is 4.28. The van der Waals surface area contributed by atoms with Gasteiger partial charge in [-0.25, -0.2) is 0 Å². The largest absolute Gasteiger partial charge is 0.385 e. The van der Waals surface area contributed by atoms with E-state index in [1.165, 1.54) is 41.7 Å². The quantitative estimate of drug-likeness (QED) is 0.567. The van der Waals surface area contributed by atoms with Crippen LogP contribution in [0.1, 0.15) is 54.0 Å². The summed E-state index contributed by atoms with van der Waals surface area (Å²) < 4.78 is 0. The number of allylic oxidation sites excluding steroid dienone is 1. The van der Waals surface area contributed by atoms with Crippen LogP contribution in [-0.4, -0.2) is 6.54 Å². The first-order valence-corrected chi connectivity index (χ1v) is 8.55. The summed E-state index contributed by atoms with van der Waals surface area (Å²) in [5.41, 5.74) is 5.39. The van der Waals surface area contributed by atoms with Gasteiger partial charge in [-0.1, -0.05) is 32.1 Å². The maximum Gasteiger partial charge on any atom is 0.0354 e. The zero-order valence-electron chi connectivity index (χ0n) is 13.1. The molecule has 1 atom stereocenters. The summed E-state index contributed by atoms with van der Waals surface area (Å²) >= 11 is 1.97. The summed E-state index contributed by atoms with van der Waals surface area (Å²) in [6, 6.07) is 0. The molecule has 1 aliphatic carbocycles. The van der Waals surface area contributed by atoms with E-state index in [9.17, 15) is 0 Å². The van der Waals surface area contributed by atoms with Crippen LogP contribution in [0.2, 0.25) is 0 Å². The Morgan fingerprint density at radius 2 is 2.15 bits per heavy atom. The van der Waals surface area contributed by atoms with Gasteiger partial charge in [0.15, 0.2) is 0 Å². The molecule has 1 N–H and O–H groups in total. The predicted molar refractivity (Wildman–Crippen MR) is 91.3 cm³/mol. The van der Waals surface area contributed by atoms with Crippen molar-refractivity contribution in [3.05, 3.63) is 39.6 Å². The van der Waals surface area contributed by atoms with E-state index >= 15 is 0 Å². The highest BCUT2D eigenvalue weighted by Crippen LogP contribution is 2.39. The Morgan fingerprint density at radius 3 is 2.80 bits per heavy atom. The van der Waals surface area contributed by atoms with Crippen LogP contribution in [0.5, 0.6) is 0 Å². The molecule has 1 aromatic heterocycles. The molecule has 0 saturated heterocycles. The number of hydrogen-bond donors (Lipinski definition) is 1. The average molecular weight is 289 g/mol. The van der Waals surface area contributed by atoms with Gasteiger partial charge in [0.05, 0.1) is 0 Å². The molecule has 0 radical (unpaired) electrons. The van der Waals surface area contributed by atoms with Crippen molar-refractivity contribution < 1.29 is 0 Å². The van der Waals surface area contributed by atoms with Crippen LogP contribution in [0.4, 0.5) is 0 Å². The molecule has 2 rings (SSSR count). The topological polar surface area (TPSA) is 12.0 Å². The predicted octanol–water partition coefficient (Wildman–Crippen LogP) is 5.10. The Hall–Kier alpha value is -1.02. The summed E-state index contributed by atoms with van der Waals surface area (Å²) in [6.45, 7) is 16.1. The van der Waals surface area contributed by atoms with E-state index in [0.29, 0.717) is 5.92 Å². The smallest absolute Gasteiger partial charge is 0.0354 e. The Labute approximate surface area is 127 Å². The number of unbranched alkanes of at least 4 members (excludes halogenated alkanes) is 1. The van der Waals surface area contributed by atoms with Crippen molar-refractivity contribution >= 4 is 17.0 Å². The Morgan fingerprint density at radius 1 is 1.40 bits per heavy atom. The van der Waals surface area contributed by atoms with E-state index < -0.39 is 0 Å². The van der Waals surface area contributed by atoms with Crippen LogP contribution < -0.4 is 5.32 Å². The molecule has 110 valence electrons. The number of nitrogens with one attached hydrogen (secondary N) is 1. The lowest BCUT2D eigenvalue weighted by atomic mass is 9.82. The molecular formula is C18H27NS. The van der Waals surface area contributed by atoms with Gasteiger partial charge in [0.1, 0.15) is 0 Å². The second-order valence-electron chi connectivity index (χ2n) is 5.98. The summed E-state index contributed by atoms with van der Waals surface area (Å²) in [7, 11) is 0. The van der Waals surface area contributed by atoms with Gasteiger partial charge < -0.3 is 5.32 Å². The normalized spacial score (nSPS) is 17.6.